The third-order valence-corrected chi connectivity index (χ3v) is 3.77. The summed E-state index contributed by atoms with van der Waals surface area (Å²) < 4.78 is 15.9. The molecule has 2 aliphatic carbocycles. The summed E-state index contributed by atoms with van der Waals surface area (Å²) in [6.45, 7) is 4.12. The van der Waals surface area contributed by atoms with Crippen molar-refractivity contribution in [1.82, 2.24) is 5.32 Å². The summed E-state index contributed by atoms with van der Waals surface area (Å²) in [7, 11) is 1.45. The fourth-order valence-corrected chi connectivity index (χ4v) is 2.41. The maximum Gasteiger partial charge on any atom is 0.328 e. The summed E-state index contributed by atoms with van der Waals surface area (Å²) >= 11 is 0. The number of ether oxygens (including phenoxy) is 3. The molecule has 0 aromatic carbocycles. The molecule has 2 saturated carbocycles. The molecule has 19 heavy (non-hydrogen) atoms. The second kappa shape index (κ2) is 6.68. The van der Waals surface area contributed by atoms with Crippen LogP contribution < -0.4 is 5.32 Å². The van der Waals surface area contributed by atoms with Crippen LogP contribution in [0, 0.1) is 5.92 Å². The maximum atomic E-state index is 12.2. The van der Waals surface area contributed by atoms with Crippen LogP contribution in [0.15, 0.2) is 0 Å². The van der Waals surface area contributed by atoms with E-state index in [1.807, 2.05) is 6.92 Å². The first-order chi connectivity index (χ1) is 9.23. The van der Waals surface area contributed by atoms with Gasteiger partial charge in [-0.05, 0) is 38.5 Å². The fourth-order valence-electron chi connectivity index (χ4n) is 2.41. The standard InChI is InChI=1S/C14H25NO4/c1-3-18-8-9-19-10-14(11-4-5-11,13(16)17-2)15-12-6-7-12/h11-12,15H,3-10H2,1-2H3. The summed E-state index contributed by atoms with van der Waals surface area (Å²) in [4.78, 5) is 12.2. The van der Waals surface area contributed by atoms with Crippen LogP contribution in [-0.2, 0) is 19.0 Å². The average Bonchev–Trinajstić information content (AvgIpc) is 3.28. The lowest BCUT2D eigenvalue weighted by atomic mass is 9.94. The van der Waals surface area contributed by atoms with E-state index in [1.165, 1.54) is 7.11 Å². The van der Waals surface area contributed by atoms with E-state index in [0.717, 1.165) is 25.7 Å². The van der Waals surface area contributed by atoms with Crippen molar-refractivity contribution in [3.05, 3.63) is 0 Å². The molecule has 0 saturated heterocycles. The monoisotopic (exact) mass is 271 g/mol. The molecule has 110 valence electrons. The zero-order valence-electron chi connectivity index (χ0n) is 11.9. The molecule has 2 rings (SSSR count). The molecule has 0 radical (unpaired) electrons. The minimum absolute atomic E-state index is 0.182. The average molecular weight is 271 g/mol. The first-order valence-electron chi connectivity index (χ1n) is 7.24. The molecule has 5 nitrogen and oxygen atoms in total. The largest absolute Gasteiger partial charge is 0.468 e. The van der Waals surface area contributed by atoms with E-state index < -0.39 is 5.54 Å². The van der Waals surface area contributed by atoms with E-state index in [-0.39, 0.29) is 5.97 Å². The highest BCUT2D eigenvalue weighted by Crippen LogP contribution is 2.42. The molecule has 0 aromatic heterocycles. The van der Waals surface area contributed by atoms with Crippen LogP contribution in [0.3, 0.4) is 0 Å². The highest BCUT2D eigenvalue weighted by molar-refractivity contribution is 5.82. The molecule has 5 heteroatoms. The molecule has 0 amide bonds. The van der Waals surface area contributed by atoms with Crippen molar-refractivity contribution in [2.45, 2.75) is 44.2 Å². The van der Waals surface area contributed by atoms with Crippen molar-refractivity contribution in [2.24, 2.45) is 5.92 Å². The second-order valence-corrected chi connectivity index (χ2v) is 5.41. The summed E-state index contributed by atoms with van der Waals surface area (Å²) in [5.74, 6) is 0.172. The lowest BCUT2D eigenvalue weighted by Crippen LogP contribution is -2.59. The lowest BCUT2D eigenvalue weighted by Gasteiger charge is -2.32. The molecule has 1 N–H and O–H groups in total. The van der Waals surface area contributed by atoms with Gasteiger partial charge in [-0.15, -0.1) is 0 Å². The zero-order valence-corrected chi connectivity index (χ0v) is 11.9. The summed E-state index contributed by atoms with van der Waals surface area (Å²) in [6.07, 6.45) is 4.43. The van der Waals surface area contributed by atoms with Gasteiger partial charge < -0.3 is 14.2 Å². The fraction of sp³-hybridized carbons (Fsp3) is 0.929. The van der Waals surface area contributed by atoms with Crippen LogP contribution in [0.25, 0.3) is 0 Å². The zero-order chi connectivity index (χ0) is 13.7. The smallest absolute Gasteiger partial charge is 0.328 e. The number of nitrogens with one attached hydrogen (secondary N) is 1. The van der Waals surface area contributed by atoms with E-state index in [2.05, 4.69) is 5.32 Å². The number of esters is 1. The van der Waals surface area contributed by atoms with Crippen molar-refractivity contribution in [3.8, 4) is 0 Å². The van der Waals surface area contributed by atoms with E-state index >= 15 is 0 Å². The number of hydrogen-bond donors (Lipinski definition) is 1. The Morgan fingerprint density at radius 3 is 2.42 bits per heavy atom. The van der Waals surface area contributed by atoms with E-state index in [9.17, 15) is 4.79 Å². The molecule has 0 heterocycles. The van der Waals surface area contributed by atoms with Crippen LogP contribution in [-0.4, -0.2) is 51.1 Å². The number of hydrogen-bond acceptors (Lipinski definition) is 5. The molecule has 2 fully saturated rings. The minimum Gasteiger partial charge on any atom is -0.468 e. The predicted octanol–water partition coefficient (Wildman–Crippen LogP) is 1.11. The molecule has 1 atom stereocenters. The number of rotatable bonds is 10. The quantitative estimate of drug-likeness (QED) is 0.476. The van der Waals surface area contributed by atoms with Crippen LogP contribution in [0.2, 0.25) is 0 Å². The third kappa shape index (κ3) is 3.91. The maximum absolute atomic E-state index is 12.2. The number of methoxy groups -OCH3 is 1. The van der Waals surface area contributed by atoms with Gasteiger partial charge in [0.2, 0.25) is 0 Å². The van der Waals surface area contributed by atoms with Gasteiger partial charge in [-0.25, -0.2) is 4.79 Å². The molecule has 0 bridgehead atoms. The Bertz CT molecular complexity index is 302. The first kappa shape index (κ1) is 14.8. The van der Waals surface area contributed by atoms with Crippen LogP contribution in [0.4, 0.5) is 0 Å². The normalized spacial score (nSPS) is 22.0. The Morgan fingerprint density at radius 1 is 1.21 bits per heavy atom. The Hall–Kier alpha value is -0.650. The molecular formula is C14H25NO4. The van der Waals surface area contributed by atoms with Crippen LogP contribution in [0.5, 0.6) is 0 Å². The van der Waals surface area contributed by atoms with Gasteiger partial charge in [-0.2, -0.15) is 0 Å². The van der Waals surface area contributed by atoms with Gasteiger partial charge in [0.15, 0.2) is 0 Å². The van der Waals surface area contributed by atoms with Gasteiger partial charge in [0, 0.05) is 12.6 Å². The van der Waals surface area contributed by atoms with Crippen molar-refractivity contribution >= 4 is 5.97 Å². The van der Waals surface area contributed by atoms with Crippen LogP contribution >= 0.6 is 0 Å². The van der Waals surface area contributed by atoms with Gasteiger partial charge in [0.05, 0.1) is 26.9 Å². The summed E-state index contributed by atoms with van der Waals surface area (Å²) in [6, 6.07) is 0.454. The van der Waals surface area contributed by atoms with Gasteiger partial charge in [0.25, 0.3) is 0 Å². The first-order valence-corrected chi connectivity index (χ1v) is 7.24. The molecular weight excluding hydrogens is 246 g/mol. The Morgan fingerprint density at radius 2 is 1.89 bits per heavy atom. The highest BCUT2D eigenvalue weighted by Gasteiger charge is 2.54. The van der Waals surface area contributed by atoms with Gasteiger partial charge >= 0.3 is 5.97 Å². The highest BCUT2D eigenvalue weighted by atomic mass is 16.5. The Kier molecular flexibility index (Phi) is 5.19. The molecule has 0 aromatic rings. The lowest BCUT2D eigenvalue weighted by molar-refractivity contribution is -0.153. The SMILES string of the molecule is CCOCCOCC(NC1CC1)(C(=O)OC)C1CC1. The van der Waals surface area contributed by atoms with Gasteiger partial charge in [0.1, 0.15) is 5.54 Å². The van der Waals surface area contributed by atoms with Crippen molar-refractivity contribution in [1.29, 1.82) is 0 Å². The molecule has 0 aliphatic heterocycles. The van der Waals surface area contributed by atoms with E-state index in [4.69, 9.17) is 14.2 Å². The van der Waals surface area contributed by atoms with E-state index in [0.29, 0.717) is 38.4 Å². The van der Waals surface area contributed by atoms with Crippen molar-refractivity contribution in [3.63, 3.8) is 0 Å². The van der Waals surface area contributed by atoms with Gasteiger partial charge in [-0.3, -0.25) is 5.32 Å². The summed E-state index contributed by atoms with van der Waals surface area (Å²) in [5.41, 5.74) is -0.637. The summed E-state index contributed by atoms with van der Waals surface area (Å²) in [5, 5.41) is 3.47. The van der Waals surface area contributed by atoms with Crippen molar-refractivity contribution in [2.75, 3.05) is 33.5 Å². The molecule has 2 aliphatic rings. The Labute approximate surface area is 115 Å². The second-order valence-electron chi connectivity index (χ2n) is 5.41. The van der Waals surface area contributed by atoms with Crippen LogP contribution in [0.1, 0.15) is 32.6 Å². The third-order valence-electron chi connectivity index (χ3n) is 3.77. The number of carbonyl (C=O) groups is 1. The topological polar surface area (TPSA) is 56.8 Å². The minimum atomic E-state index is -0.637. The van der Waals surface area contributed by atoms with Crippen molar-refractivity contribution < 1.29 is 19.0 Å². The molecule has 0 spiro atoms. The molecule has 1 unspecified atom stereocenters. The van der Waals surface area contributed by atoms with Gasteiger partial charge in [-0.1, -0.05) is 0 Å². The Balaban J connectivity index is 1.89. The van der Waals surface area contributed by atoms with E-state index in [1.54, 1.807) is 0 Å². The number of carbonyl (C=O) groups excluding carboxylic acids is 1. The predicted molar refractivity (Wildman–Crippen MR) is 70.9 cm³/mol.